The van der Waals surface area contributed by atoms with Gasteiger partial charge in [0.05, 0.1) is 11.7 Å². The van der Waals surface area contributed by atoms with Crippen molar-refractivity contribution in [2.45, 2.75) is 89.8 Å². The average Bonchev–Trinajstić information content (AvgIpc) is 3.01. The zero-order valence-corrected chi connectivity index (χ0v) is 18.7. The fourth-order valence-electron chi connectivity index (χ4n) is 8.28. The Morgan fingerprint density at radius 1 is 1.10 bits per heavy atom. The van der Waals surface area contributed by atoms with E-state index in [2.05, 4.69) is 40.9 Å². The number of aliphatic hydroxyl groups excluding tert-OH is 1. The molecule has 168 valence electrons. The third-order valence-corrected chi connectivity index (χ3v) is 10.2. The molecule has 8 atom stereocenters. The average molecular weight is 417 g/mol. The van der Waals surface area contributed by atoms with Gasteiger partial charge in [0, 0.05) is 30.6 Å². The van der Waals surface area contributed by atoms with Crippen LogP contribution in [0.3, 0.4) is 0 Å². The number of hydrogen-bond acceptors (Lipinski definition) is 6. The number of aliphatic imine (C=N–C) groups is 1. The summed E-state index contributed by atoms with van der Waals surface area (Å²) in [4.78, 5) is 4.42. The van der Waals surface area contributed by atoms with Gasteiger partial charge in [-0.05, 0) is 87.4 Å². The Bertz CT molecular complexity index is 726. The van der Waals surface area contributed by atoms with E-state index in [4.69, 9.17) is 0 Å². The van der Waals surface area contributed by atoms with Gasteiger partial charge in [-0.25, -0.2) is 5.43 Å². The Morgan fingerprint density at radius 2 is 1.97 bits per heavy atom. The highest BCUT2D eigenvalue weighted by Gasteiger charge is 2.66. The monoisotopic (exact) mass is 416 g/mol. The van der Waals surface area contributed by atoms with E-state index in [0.29, 0.717) is 23.7 Å². The van der Waals surface area contributed by atoms with Gasteiger partial charge in [-0.15, -0.1) is 0 Å². The molecule has 0 aromatic carbocycles. The van der Waals surface area contributed by atoms with Crippen LogP contribution in [0.5, 0.6) is 0 Å². The van der Waals surface area contributed by atoms with Crippen molar-refractivity contribution in [3.63, 3.8) is 0 Å². The Labute approximate surface area is 181 Å². The third kappa shape index (κ3) is 3.04. The van der Waals surface area contributed by atoms with Crippen LogP contribution in [-0.2, 0) is 0 Å². The summed E-state index contributed by atoms with van der Waals surface area (Å²) in [5, 5.41) is 30.2. The summed E-state index contributed by atoms with van der Waals surface area (Å²) in [5.74, 6) is 2.69. The van der Waals surface area contributed by atoms with Crippen LogP contribution in [0.15, 0.2) is 10.1 Å². The lowest BCUT2D eigenvalue weighted by molar-refractivity contribution is -0.206. The first-order valence-electron chi connectivity index (χ1n) is 12.3. The van der Waals surface area contributed by atoms with Crippen LogP contribution in [0, 0.1) is 34.5 Å². The molecule has 0 amide bonds. The molecule has 2 unspecified atom stereocenters. The quantitative estimate of drug-likeness (QED) is 0.411. The molecule has 5 aliphatic rings. The van der Waals surface area contributed by atoms with Crippen LogP contribution in [-0.4, -0.2) is 47.2 Å². The van der Waals surface area contributed by atoms with Crippen molar-refractivity contribution in [1.82, 2.24) is 10.7 Å². The second kappa shape index (κ2) is 7.47. The van der Waals surface area contributed by atoms with Crippen LogP contribution >= 0.6 is 0 Å². The van der Waals surface area contributed by atoms with E-state index in [9.17, 15) is 10.2 Å². The molecule has 4 aliphatic carbocycles. The van der Waals surface area contributed by atoms with Crippen molar-refractivity contribution in [2.24, 2.45) is 44.6 Å². The van der Waals surface area contributed by atoms with E-state index < -0.39 is 5.60 Å². The fraction of sp³-hybridized carbons (Fsp3) is 0.917. The van der Waals surface area contributed by atoms with E-state index in [0.717, 1.165) is 70.4 Å². The molecule has 4 fully saturated rings. The molecule has 0 saturated heterocycles. The summed E-state index contributed by atoms with van der Waals surface area (Å²) in [6.07, 6.45) is 12.5. The van der Waals surface area contributed by atoms with E-state index in [-0.39, 0.29) is 16.9 Å². The number of guanidine groups is 1. The van der Waals surface area contributed by atoms with Crippen LogP contribution in [0.25, 0.3) is 0 Å². The summed E-state index contributed by atoms with van der Waals surface area (Å²) < 4.78 is 0. The van der Waals surface area contributed by atoms with Gasteiger partial charge < -0.3 is 15.5 Å². The predicted octanol–water partition coefficient (Wildman–Crippen LogP) is 3.05. The zero-order valence-electron chi connectivity index (χ0n) is 18.7. The molecule has 5 rings (SSSR count). The predicted molar refractivity (Wildman–Crippen MR) is 119 cm³/mol. The molecule has 1 aliphatic heterocycles. The minimum absolute atomic E-state index is 0.0987. The zero-order chi connectivity index (χ0) is 21.0. The first-order chi connectivity index (χ1) is 14.4. The Balaban J connectivity index is 1.33. The minimum atomic E-state index is -0.586. The Kier molecular flexibility index (Phi) is 5.17. The number of rotatable bonds is 2. The maximum absolute atomic E-state index is 12.2. The van der Waals surface area contributed by atoms with Crippen LogP contribution < -0.4 is 10.7 Å². The first-order valence-corrected chi connectivity index (χ1v) is 12.3. The largest absolute Gasteiger partial charge is 0.393 e. The van der Waals surface area contributed by atoms with Gasteiger partial charge in [0.2, 0.25) is 5.96 Å². The number of nitrogens with zero attached hydrogens (tertiary/aromatic N) is 2. The van der Waals surface area contributed by atoms with Crippen molar-refractivity contribution < 1.29 is 10.2 Å². The second-order valence-electron chi connectivity index (χ2n) is 11.3. The number of aliphatic hydroxyl groups is 2. The van der Waals surface area contributed by atoms with Gasteiger partial charge >= 0.3 is 0 Å². The molecule has 30 heavy (non-hydrogen) atoms. The van der Waals surface area contributed by atoms with Crippen molar-refractivity contribution in [1.29, 1.82) is 0 Å². The van der Waals surface area contributed by atoms with E-state index >= 15 is 0 Å². The molecule has 0 aromatic rings. The van der Waals surface area contributed by atoms with Gasteiger partial charge in [0.1, 0.15) is 0 Å². The van der Waals surface area contributed by atoms with E-state index in [1.165, 1.54) is 12.8 Å². The first kappa shape index (κ1) is 20.7. The van der Waals surface area contributed by atoms with Gasteiger partial charge in [-0.3, -0.25) is 4.99 Å². The topological polar surface area (TPSA) is 89.2 Å². The molecule has 0 radical (unpaired) electrons. The molecule has 1 heterocycles. The summed E-state index contributed by atoms with van der Waals surface area (Å²) in [6, 6.07) is 0. The van der Waals surface area contributed by atoms with Gasteiger partial charge in [-0.2, -0.15) is 5.10 Å². The molecular weight excluding hydrogens is 376 g/mol. The lowest BCUT2D eigenvalue weighted by Gasteiger charge is -2.63. The summed E-state index contributed by atoms with van der Waals surface area (Å²) in [6.45, 7) is 6.60. The number of fused-ring (bicyclic) bond motifs is 5. The molecular formula is C24H40N4O2. The van der Waals surface area contributed by atoms with E-state index in [1.54, 1.807) is 0 Å². The van der Waals surface area contributed by atoms with Crippen molar-refractivity contribution in [3.05, 3.63) is 0 Å². The lowest BCUT2D eigenvalue weighted by Crippen LogP contribution is -2.62. The molecule has 4 N–H and O–H groups in total. The molecule has 4 saturated carbocycles. The smallest absolute Gasteiger partial charge is 0.212 e. The summed E-state index contributed by atoms with van der Waals surface area (Å²) >= 11 is 0. The third-order valence-electron chi connectivity index (χ3n) is 10.2. The second-order valence-corrected chi connectivity index (χ2v) is 11.3. The van der Waals surface area contributed by atoms with Crippen molar-refractivity contribution in [3.8, 4) is 0 Å². The normalized spacial score (nSPS) is 50.8. The Morgan fingerprint density at radius 3 is 2.77 bits per heavy atom. The lowest BCUT2D eigenvalue weighted by atomic mass is 9.43. The number of hydrogen-bond donors (Lipinski definition) is 4. The van der Waals surface area contributed by atoms with Crippen LogP contribution in [0.4, 0.5) is 0 Å². The van der Waals surface area contributed by atoms with Crippen molar-refractivity contribution >= 4 is 12.2 Å². The summed E-state index contributed by atoms with van der Waals surface area (Å²) in [7, 11) is 0. The van der Waals surface area contributed by atoms with E-state index in [1.807, 2.05) is 0 Å². The SMILES string of the molecule is C[C@]12CC[C@H](O)C[C@H]1CCC1C2CC[C@]2(C)[C@@H](/C=N/NC3=NCCCN3)CC[C@]12O. The van der Waals surface area contributed by atoms with Gasteiger partial charge in [0.25, 0.3) is 0 Å². The highest BCUT2D eigenvalue weighted by atomic mass is 16.3. The highest BCUT2D eigenvalue weighted by molar-refractivity contribution is 5.81. The molecule has 0 bridgehead atoms. The van der Waals surface area contributed by atoms with Crippen LogP contribution in [0.1, 0.15) is 78.1 Å². The highest BCUT2D eigenvalue weighted by Crippen LogP contribution is 2.68. The standard InChI is InChI=1S/C24H40N4O2/c1-22-9-7-18(29)14-16(22)4-5-20-19(22)8-10-23(2)17(6-11-24(20,23)30)15-27-28-21-25-12-3-13-26-21/h15-20,29-30H,3-14H2,1-2H3,(H2,25,26,28)/b27-15+/t16-,17-,18+,19?,20?,22+,23-,24+/m1/s1. The summed E-state index contributed by atoms with van der Waals surface area (Å²) in [5.41, 5.74) is 2.69. The minimum Gasteiger partial charge on any atom is -0.393 e. The van der Waals surface area contributed by atoms with Crippen molar-refractivity contribution in [2.75, 3.05) is 13.1 Å². The van der Waals surface area contributed by atoms with Gasteiger partial charge in [0.15, 0.2) is 0 Å². The van der Waals surface area contributed by atoms with Gasteiger partial charge in [-0.1, -0.05) is 13.8 Å². The van der Waals surface area contributed by atoms with Crippen LogP contribution in [0.2, 0.25) is 0 Å². The Hall–Kier alpha value is -1.14. The molecule has 6 heteroatoms. The maximum Gasteiger partial charge on any atom is 0.212 e. The number of hydrazone groups is 1. The molecule has 0 aromatic heterocycles. The molecule has 0 spiro atoms. The number of nitrogens with one attached hydrogen (secondary N) is 2. The molecule has 6 nitrogen and oxygen atoms in total. The maximum atomic E-state index is 12.2. The fourth-order valence-corrected chi connectivity index (χ4v) is 8.28.